The first-order valence-electron chi connectivity index (χ1n) is 7.56. The lowest BCUT2D eigenvalue weighted by Crippen LogP contribution is -2.47. The molecule has 0 amide bonds. The van der Waals surface area contributed by atoms with Gasteiger partial charge in [0, 0.05) is 71.0 Å². The van der Waals surface area contributed by atoms with E-state index in [0.29, 0.717) is 6.54 Å². The number of hydrogen-bond donors (Lipinski definition) is 0. The molecule has 0 saturated carbocycles. The normalized spacial score (nSPS) is 15.8. The molecule has 8 heteroatoms. The molecule has 0 aromatic carbocycles. The van der Waals surface area contributed by atoms with E-state index in [2.05, 4.69) is 19.8 Å². The molecule has 1 aliphatic heterocycles. The van der Waals surface area contributed by atoms with Gasteiger partial charge >= 0.3 is 5.69 Å². The summed E-state index contributed by atoms with van der Waals surface area (Å²) >= 11 is 0. The Morgan fingerprint density at radius 2 is 1.65 bits per heavy atom. The first-order valence-corrected chi connectivity index (χ1v) is 7.56. The number of anilines is 1. The van der Waals surface area contributed by atoms with Crippen LogP contribution in [0.5, 0.6) is 0 Å². The second kappa shape index (κ2) is 6.33. The fraction of sp³-hybridized carbons (Fsp3) is 0.467. The Balaban J connectivity index is 1.68. The fourth-order valence-electron chi connectivity index (χ4n) is 2.72. The lowest BCUT2D eigenvalue weighted by atomic mass is 10.3. The average Bonchev–Trinajstić information content (AvgIpc) is 2.59. The van der Waals surface area contributed by atoms with Crippen molar-refractivity contribution in [2.75, 3.05) is 31.1 Å². The standard InChI is InChI=1S/C15H20N6O2/c1-18-12(10-13(22)19(2)15(18)23)11-20-6-8-21(9-7-20)14-16-4-3-5-17-14/h3-5,10H,6-9,11H2,1-2H3. The quantitative estimate of drug-likeness (QED) is 0.738. The van der Waals surface area contributed by atoms with Gasteiger partial charge in [-0.2, -0.15) is 0 Å². The van der Waals surface area contributed by atoms with Crippen LogP contribution in [-0.2, 0) is 20.6 Å². The average molecular weight is 316 g/mol. The van der Waals surface area contributed by atoms with E-state index >= 15 is 0 Å². The maximum absolute atomic E-state index is 12.0. The predicted octanol–water partition coefficient (Wildman–Crippen LogP) is -0.804. The summed E-state index contributed by atoms with van der Waals surface area (Å²) in [5.74, 6) is 0.744. The van der Waals surface area contributed by atoms with Crippen molar-refractivity contribution in [3.05, 3.63) is 51.1 Å². The third-order valence-corrected chi connectivity index (χ3v) is 4.22. The highest BCUT2D eigenvalue weighted by Crippen LogP contribution is 2.11. The van der Waals surface area contributed by atoms with Crippen LogP contribution in [0.1, 0.15) is 5.69 Å². The first kappa shape index (κ1) is 15.4. The van der Waals surface area contributed by atoms with E-state index in [1.165, 1.54) is 17.7 Å². The Bertz CT molecular complexity index is 790. The number of aromatic nitrogens is 4. The van der Waals surface area contributed by atoms with Gasteiger partial charge in [0.25, 0.3) is 5.56 Å². The molecular formula is C15H20N6O2. The second-order valence-electron chi connectivity index (χ2n) is 5.69. The zero-order valence-electron chi connectivity index (χ0n) is 13.3. The topological polar surface area (TPSA) is 76.3 Å². The Labute approximate surface area is 133 Å². The summed E-state index contributed by atoms with van der Waals surface area (Å²) in [5.41, 5.74) is 0.186. The van der Waals surface area contributed by atoms with Gasteiger partial charge in [-0.1, -0.05) is 0 Å². The highest BCUT2D eigenvalue weighted by atomic mass is 16.2. The van der Waals surface area contributed by atoms with Crippen molar-refractivity contribution < 1.29 is 0 Å². The number of hydrogen-bond acceptors (Lipinski definition) is 6. The summed E-state index contributed by atoms with van der Waals surface area (Å²) in [7, 11) is 3.19. The minimum Gasteiger partial charge on any atom is -0.338 e. The van der Waals surface area contributed by atoms with Crippen LogP contribution in [0.25, 0.3) is 0 Å². The molecule has 0 radical (unpaired) electrons. The summed E-state index contributed by atoms with van der Waals surface area (Å²) < 4.78 is 2.66. The molecule has 3 rings (SSSR count). The van der Waals surface area contributed by atoms with Gasteiger partial charge in [0.05, 0.1) is 0 Å². The van der Waals surface area contributed by atoms with Crippen LogP contribution in [0, 0.1) is 0 Å². The molecule has 122 valence electrons. The number of nitrogens with zero attached hydrogens (tertiary/aromatic N) is 6. The minimum atomic E-state index is -0.288. The monoisotopic (exact) mass is 316 g/mol. The molecule has 0 unspecified atom stereocenters. The van der Waals surface area contributed by atoms with Crippen LogP contribution in [0.15, 0.2) is 34.1 Å². The Morgan fingerprint density at radius 1 is 1.00 bits per heavy atom. The fourth-order valence-corrected chi connectivity index (χ4v) is 2.72. The third kappa shape index (κ3) is 3.16. The lowest BCUT2D eigenvalue weighted by molar-refractivity contribution is 0.242. The van der Waals surface area contributed by atoms with Gasteiger partial charge in [-0.25, -0.2) is 14.8 Å². The van der Waals surface area contributed by atoms with Gasteiger partial charge in [0.1, 0.15) is 0 Å². The van der Waals surface area contributed by atoms with E-state index in [1.54, 1.807) is 25.5 Å². The van der Waals surface area contributed by atoms with Gasteiger partial charge in [-0.3, -0.25) is 18.8 Å². The van der Waals surface area contributed by atoms with Crippen LogP contribution in [0.3, 0.4) is 0 Å². The lowest BCUT2D eigenvalue weighted by Gasteiger charge is -2.34. The van der Waals surface area contributed by atoms with Crippen molar-refractivity contribution in [2.45, 2.75) is 6.54 Å². The summed E-state index contributed by atoms with van der Waals surface area (Å²) in [4.78, 5) is 36.7. The highest BCUT2D eigenvalue weighted by Gasteiger charge is 2.19. The first-order chi connectivity index (χ1) is 11.1. The summed E-state index contributed by atoms with van der Waals surface area (Å²) in [6.07, 6.45) is 3.48. The van der Waals surface area contributed by atoms with Crippen LogP contribution in [-0.4, -0.2) is 50.2 Å². The molecule has 2 aromatic rings. The van der Waals surface area contributed by atoms with Crippen LogP contribution < -0.4 is 16.1 Å². The van der Waals surface area contributed by atoms with Gasteiger partial charge in [-0.15, -0.1) is 0 Å². The van der Waals surface area contributed by atoms with Crippen LogP contribution >= 0.6 is 0 Å². The van der Waals surface area contributed by atoms with E-state index in [0.717, 1.165) is 42.4 Å². The minimum absolute atomic E-state index is 0.264. The predicted molar refractivity (Wildman–Crippen MR) is 86.4 cm³/mol. The molecule has 0 aliphatic carbocycles. The van der Waals surface area contributed by atoms with Crippen LogP contribution in [0.4, 0.5) is 5.95 Å². The molecule has 3 heterocycles. The molecule has 0 atom stereocenters. The molecule has 1 fully saturated rings. The highest BCUT2D eigenvalue weighted by molar-refractivity contribution is 5.29. The molecule has 2 aromatic heterocycles. The molecule has 1 saturated heterocycles. The van der Waals surface area contributed by atoms with E-state index in [-0.39, 0.29) is 11.2 Å². The molecule has 1 aliphatic rings. The summed E-state index contributed by atoms with van der Waals surface area (Å²) in [6.45, 7) is 3.90. The maximum Gasteiger partial charge on any atom is 0.330 e. The van der Waals surface area contributed by atoms with E-state index in [4.69, 9.17) is 0 Å². The van der Waals surface area contributed by atoms with Gasteiger partial charge in [0.15, 0.2) is 0 Å². The molecular weight excluding hydrogens is 296 g/mol. The van der Waals surface area contributed by atoms with Crippen LogP contribution in [0.2, 0.25) is 0 Å². The molecule has 8 nitrogen and oxygen atoms in total. The van der Waals surface area contributed by atoms with Crippen molar-refractivity contribution in [2.24, 2.45) is 14.1 Å². The van der Waals surface area contributed by atoms with Gasteiger partial charge in [0.2, 0.25) is 5.95 Å². The third-order valence-electron chi connectivity index (χ3n) is 4.22. The SMILES string of the molecule is Cn1c(CN2CCN(c3ncccn3)CC2)cc(=O)n(C)c1=O. The summed E-state index contributed by atoms with van der Waals surface area (Å²) in [6, 6.07) is 3.34. The molecule has 23 heavy (non-hydrogen) atoms. The van der Waals surface area contributed by atoms with Crippen molar-refractivity contribution in [1.82, 2.24) is 24.0 Å². The van der Waals surface area contributed by atoms with Crippen molar-refractivity contribution >= 4 is 5.95 Å². The van der Waals surface area contributed by atoms with E-state index in [9.17, 15) is 9.59 Å². The Kier molecular flexibility index (Phi) is 4.24. The smallest absolute Gasteiger partial charge is 0.330 e. The summed E-state index contributed by atoms with van der Waals surface area (Å²) in [5, 5.41) is 0. The Morgan fingerprint density at radius 3 is 2.30 bits per heavy atom. The second-order valence-corrected chi connectivity index (χ2v) is 5.69. The Hall–Kier alpha value is -2.48. The molecule has 0 spiro atoms. The molecule has 0 N–H and O–H groups in total. The van der Waals surface area contributed by atoms with E-state index in [1.807, 2.05) is 0 Å². The zero-order valence-corrected chi connectivity index (χ0v) is 13.3. The number of rotatable bonds is 3. The zero-order chi connectivity index (χ0) is 16.4. The van der Waals surface area contributed by atoms with Gasteiger partial charge < -0.3 is 4.90 Å². The van der Waals surface area contributed by atoms with Crippen molar-refractivity contribution in [1.29, 1.82) is 0 Å². The largest absolute Gasteiger partial charge is 0.338 e. The van der Waals surface area contributed by atoms with Crippen molar-refractivity contribution in [3.8, 4) is 0 Å². The van der Waals surface area contributed by atoms with Gasteiger partial charge in [-0.05, 0) is 6.07 Å². The molecule has 0 bridgehead atoms. The van der Waals surface area contributed by atoms with Crippen molar-refractivity contribution in [3.63, 3.8) is 0 Å². The number of piperazine rings is 1. The van der Waals surface area contributed by atoms with E-state index < -0.39 is 0 Å². The maximum atomic E-state index is 12.0.